The third-order valence-corrected chi connectivity index (χ3v) is 6.51. The lowest BCUT2D eigenvalue weighted by Gasteiger charge is -2.37. The van der Waals surface area contributed by atoms with Gasteiger partial charge in [-0.1, -0.05) is 55.8 Å². The van der Waals surface area contributed by atoms with Crippen LogP contribution in [-0.4, -0.2) is 11.8 Å². The molecule has 3 aromatic rings. The third kappa shape index (κ3) is 4.12. The predicted octanol–water partition coefficient (Wildman–Crippen LogP) is 6.11. The molecule has 0 spiro atoms. The molecule has 1 aromatic heterocycles. The summed E-state index contributed by atoms with van der Waals surface area (Å²) in [6.07, 6.45) is 2.75. The normalized spacial score (nSPS) is 19.1. The summed E-state index contributed by atoms with van der Waals surface area (Å²) in [4.78, 5) is 29.1. The van der Waals surface area contributed by atoms with E-state index in [0.29, 0.717) is 17.8 Å². The highest BCUT2D eigenvalue weighted by Gasteiger charge is 2.43. The van der Waals surface area contributed by atoms with E-state index in [9.17, 15) is 9.59 Å². The molecule has 0 radical (unpaired) electrons. The second-order valence-electron chi connectivity index (χ2n) is 9.90. The number of carbonyl (C=O) groups excluding carboxylic acids is 2. The highest BCUT2D eigenvalue weighted by atomic mass is 16.3. The van der Waals surface area contributed by atoms with Crippen molar-refractivity contribution >= 4 is 23.2 Å². The molecule has 0 bridgehead atoms. The average molecular weight is 456 g/mol. The van der Waals surface area contributed by atoms with Gasteiger partial charge >= 0.3 is 6.03 Å². The number of Topliss-reactive ketones (excluding diaryl/α,β-unsaturated/α-hetero) is 1. The van der Waals surface area contributed by atoms with E-state index in [1.54, 1.807) is 17.2 Å². The number of nitrogens with zero attached hydrogens (tertiary/aromatic N) is 1. The molecule has 0 saturated heterocycles. The molecular weight excluding hydrogens is 426 g/mol. The molecule has 0 fully saturated rings. The number of anilines is 2. The molecule has 0 unspecified atom stereocenters. The van der Waals surface area contributed by atoms with E-state index in [4.69, 9.17) is 4.42 Å². The van der Waals surface area contributed by atoms with Crippen LogP contribution in [0.3, 0.4) is 0 Å². The molecule has 2 heterocycles. The topological polar surface area (TPSA) is 74.6 Å². The number of hydrogen-bond donors (Lipinski definition) is 2. The molecule has 6 nitrogen and oxygen atoms in total. The van der Waals surface area contributed by atoms with Crippen molar-refractivity contribution in [3.8, 4) is 0 Å². The molecule has 2 amide bonds. The molecular formula is C28H29N3O3. The van der Waals surface area contributed by atoms with Gasteiger partial charge in [0.2, 0.25) is 0 Å². The van der Waals surface area contributed by atoms with E-state index >= 15 is 0 Å². The molecule has 6 heteroatoms. The lowest BCUT2D eigenvalue weighted by Crippen LogP contribution is -2.44. The number of furan rings is 1. The van der Waals surface area contributed by atoms with Crippen LogP contribution in [0.15, 0.2) is 82.6 Å². The van der Waals surface area contributed by atoms with Crippen molar-refractivity contribution in [1.29, 1.82) is 0 Å². The molecule has 34 heavy (non-hydrogen) atoms. The zero-order chi connectivity index (χ0) is 23.9. The average Bonchev–Trinajstić information content (AvgIpc) is 3.26. The number of amides is 2. The molecule has 1 atom stereocenters. The van der Waals surface area contributed by atoms with Gasteiger partial charge in [0.25, 0.3) is 0 Å². The van der Waals surface area contributed by atoms with E-state index in [-0.39, 0.29) is 23.8 Å². The Morgan fingerprint density at radius 1 is 1.09 bits per heavy atom. The van der Waals surface area contributed by atoms with Gasteiger partial charge in [-0.2, -0.15) is 0 Å². The number of nitrogens with one attached hydrogen (secondary N) is 2. The van der Waals surface area contributed by atoms with Gasteiger partial charge in [-0.15, -0.1) is 0 Å². The zero-order valence-corrected chi connectivity index (χ0v) is 19.7. The number of urea groups is 1. The van der Waals surface area contributed by atoms with Crippen molar-refractivity contribution < 1.29 is 14.0 Å². The Balaban J connectivity index is 1.67. The summed E-state index contributed by atoms with van der Waals surface area (Å²) in [6.45, 7) is 6.51. The van der Waals surface area contributed by atoms with Crippen LogP contribution in [0.4, 0.5) is 16.2 Å². The monoisotopic (exact) mass is 455 g/mol. The summed E-state index contributed by atoms with van der Waals surface area (Å²) in [5, 5.41) is 6.52. The molecule has 2 aromatic carbocycles. The van der Waals surface area contributed by atoms with Gasteiger partial charge in [0.1, 0.15) is 5.76 Å². The molecule has 2 N–H and O–H groups in total. The summed E-state index contributed by atoms with van der Waals surface area (Å²) in [6, 6.07) is 18.6. The summed E-state index contributed by atoms with van der Waals surface area (Å²) >= 11 is 0. The van der Waals surface area contributed by atoms with Gasteiger partial charge in [-0.3, -0.25) is 9.69 Å². The highest BCUT2D eigenvalue weighted by Crippen LogP contribution is 2.48. The Kier molecular flexibility index (Phi) is 5.52. The number of allylic oxidation sites excluding steroid dienone is 1. The van der Waals surface area contributed by atoms with Crippen LogP contribution in [0.25, 0.3) is 0 Å². The highest BCUT2D eigenvalue weighted by molar-refractivity contribution is 6.06. The molecule has 2 aliphatic rings. The van der Waals surface area contributed by atoms with Gasteiger partial charge in [0, 0.05) is 17.7 Å². The standard InChI is InChI=1S/C28H29N3O3/c1-18-10-12-19(13-11-18)26-25-22(15-28(2,3)16-24(25)32)30-21-8-4-5-9-23(21)31(26)27(33)29-17-20-7-6-14-34-20/h4-14,26,30H,15-17H2,1-3H3,(H,29,33)/t26-/m0/s1. The number of benzene rings is 2. The minimum atomic E-state index is -0.549. The molecule has 174 valence electrons. The van der Waals surface area contributed by atoms with Crippen LogP contribution in [-0.2, 0) is 11.3 Å². The number of hydrogen-bond acceptors (Lipinski definition) is 4. The molecule has 5 rings (SSSR count). The maximum Gasteiger partial charge on any atom is 0.323 e. The molecule has 0 saturated carbocycles. The van der Waals surface area contributed by atoms with Crippen molar-refractivity contribution in [1.82, 2.24) is 5.32 Å². The van der Waals surface area contributed by atoms with Crippen molar-refractivity contribution in [3.63, 3.8) is 0 Å². The Morgan fingerprint density at radius 3 is 2.59 bits per heavy atom. The number of aryl methyl sites for hydroxylation is 1. The Labute approximate surface area is 199 Å². The van der Waals surface area contributed by atoms with Crippen LogP contribution >= 0.6 is 0 Å². The van der Waals surface area contributed by atoms with E-state index in [1.807, 2.05) is 61.5 Å². The largest absolute Gasteiger partial charge is 0.467 e. The van der Waals surface area contributed by atoms with Crippen molar-refractivity contribution in [2.45, 2.75) is 46.2 Å². The molecule has 1 aliphatic carbocycles. The van der Waals surface area contributed by atoms with E-state index in [2.05, 4.69) is 24.5 Å². The summed E-state index contributed by atoms with van der Waals surface area (Å²) in [5.41, 5.74) is 4.95. The molecule has 1 aliphatic heterocycles. The second kappa shape index (κ2) is 8.52. The van der Waals surface area contributed by atoms with Crippen LogP contribution in [0.5, 0.6) is 0 Å². The van der Waals surface area contributed by atoms with Crippen molar-refractivity contribution in [3.05, 3.63) is 95.1 Å². The number of rotatable bonds is 3. The lowest BCUT2D eigenvalue weighted by molar-refractivity contribution is -0.118. The van der Waals surface area contributed by atoms with Crippen LogP contribution in [0, 0.1) is 12.3 Å². The third-order valence-electron chi connectivity index (χ3n) is 6.51. The number of fused-ring (bicyclic) bond motifs is 1. The maximum absolute atomic E-state index is 13.8. The van der Waals surface area contributed by atoms with Gasteiger partial charge in [-0.05, 0) is 48.6 Å². The van der Waals surface area contributed by atoms with Gasteiger partial charge in [0.15, 0.2) is 5.78 Å². The quantitative estimate of drug-likeness (QED) is 0.499. The number of ketones is 1. The summed E-state index contributed by atoms with van der Waals surface area (Å²) in [7, 11) is 0. The van der Waals surface area contributed by atoms with E-state index in [1.165, 1.54) is 0 Å². The fourth-order valence-electron chi connectivity index (χ4n) is 4.94. The van der Waals surface area contributed by atoms with Crippen molar-refractivity contribution in [2.24, 2.45) is 5.41 Å². The maximum atomic E-state index is 13.8. The number of carbonyl (C=O) groups is 2. The van der Waals surface area contributed by atoms with Crippen LogP contribution in [0.2, 0.25) is 0 Å². The fourth-order valence-corrected chi connectivity index (χ4v) is 4.94. The fraction of sp³-hybridized carbons (Fsp3) is 0.286. The second-order valence-corrected chi connectivity index (χ2v) is 9.90. The van der Waals surface area contributed by atoms with Gasteiger partial charge < -0.3 is 15.1 Å². The minimum Gasteiger partial charge on any atom is -0.467 e. The van der Waals surface area contributed by atoms with Crippen molar-refractivity contribution in [2.75, 3.05) is 10.2 Å². The Morgan fingerprint density at radius 2 is 1.85 bits per heavy atom. The zero-order valence-electron chi connectivity index (χ0n) is 19.7. The Hall–Kier alpha value is -3.80. The first-order valence-electron chi connectivity index (χ1n) is 11.6. The predicted molar refractivity (Wildman–Crippen MR) is 132 cm³/mol. The smallest absolute Gasteiger partial charge is 0.323 e. The first-order chi connectivity index (χ1) is 16.3. The Bertz CT molecular complexity index is 1260. The lowest BCUT2D eigenvalue weighted by atomic mass is 9.73. The summed E-state index contributed by atoms with van der Waals surface area (Å²) < 4.78 is 5.41. The number of para-hydroxylation sites is 2. The van der Waals surface area contributed by atoms with E-state index in [0.717, 1.165) is 34.6 Å². The first kappa shape index (κ1) is 22.0. The van der Waals surface area contributed by atoms with E-state index < -0.39 is 6.04 Å². The first-order valence-corrected chi connectivity index (χ1v) is 11.6. The van der Waals surface area contributed by atoms with Gasteiger partial charge in [-0.25, -0.2) is 4.79 Å². The summed E-state index contributed by atoms with van der Waals surface area (Å²) in [5.74, 6) is 0.734. The van der Waals surface area contributed by atoms with Gasteiger partial charge in [0.05, 0.1) is 30.2 Å². The minimum absolute atomic E-state index is 0.0703. The van der Waals surface area contributed by atoms with Crippen LogP contribution < -0.4 is 15.5 Å². The van der Waals surface area contributed by atoms with Crippen LogP contribution in [0.1, 0.15) is 49.6 Å². The SMILES string of the molecule is Cc1ccc([C@H]2C3=C(CC(C)(C)CC3=O)Nc3ccccc3N2C(=O)NCc2ccco2)cc1.